The lowest BCUT2D eigenvalue weighted by Gasteiger charge is -2.11. The van der Waals surface area contributed by atoms with Gasteiger partial charge in [0.1, 0.15) is 16.4 Å². The zero-order chi connectivity index (χ0) is 21.4. The Morgan fingerprint density at radius 3 is 2.67 bits per heavy atom. The van der Waals surface area contributed by atoms with Crippen LogP contribution in [0.3, 0.4) is 0 Å². The van der Waals surface area contributed by atoms with Gasteiger partial charge >= 0.3 is 0 Å². The Labute approximate surface area is 178 Å². The lowest BCUT2D eigenvalue weighted by atomic mass is 10.1. The summed E-state index contributed by atoms with van der Waals surface area (Å²) in [6, 6.07) is 5.52. The first-order valence-corrected chi connectivity index (χ1v) is 10.7. The summed E-state index contributed by atoms with van der Waals surface area (Å²) in [7, 11) is 1.55. The highest BCUT2D eigenvalue weighted by Gasteiger charge is 2.28. The van der Waals surface area contributed by atoms with Crippen LogP contribution in [-0.4, -0.2) is 35.4 Å². The predicted molar refractivity (Wildman–Crippen MR) is 118 cm³/mol. The fourth-order valence-corrected chi connectivity index (χ4v) is 4.61. The monoisotopic (exact) mass is 424 g/mol. The van der Waals surface area contributed by atoms with Crippen LogP contribution < -0.4 is 15.4 Å². The summed E-state index contributed by atoms with van der Waals surface area (Å²) in [5.74, 6) is 1.29. The molecule has 1 aliphatic rings. The van der Waals surface area contributed by atoms with Crippen molar-refractivity contribution >= 4 is 39.1 Å². The predicted octanol–water partition coefficient (Wildman–Crippen LogP) is 3.87. The largest absolute Gasteiger partial charge is 0.495 e. The molecule has 2 aromatic heterocycles. The highest BCUT2D eigenvalue weighted by molar-refractivity contribution is 7.20. The molecular formula is C22H24N4O3S. The summed E-state index contributed by atoms with van der Waals surface area (Å²) >= 11 is 1.35. The minimum Gasteiger partial charge on any atom is -0.495 e. The smallest absolute Gasteiger partial charge is 0.262 e. The van der Waals surface area contributed by atoms with E-state index in [1.54, 1.807) is 13.2 Å². The molecule has 1 fully saturated rings. The van der Waals surface area contributed by atoms with E-state index in [1.807, 2.05) is 32.9 Å². The van der Waals surface area contributed by atoms with E-state index >= 15 is 0 Å². The van der Waals surface area contributed by atoms with Gasteiger partial charge < -0.3 is 15.4 Å². The zero-order valence-corrected chi connectivity index (χ0v) is 18.3. The van der Waals surface area contributed by atoms with Crippen molar-refractivity contribution in [1.82, 2.24) is 15.3 Å². The normalized spacial score (nSPS) is 13.3. The third-order valence-corrected chi connectivity index (χ3v) is 6.36. The molecule has 0 saturated heterocycles. The van der Waals surface area contributed by atoms with Gasteiger partial charge in [0.15, 0.2) is 0 Å². The summed E-state index contributed by atoms with van der Waals surface area (Å²) in [5.41, 5.74) is 3.33. The third-order valence-electron chi connectivity index (χ3n) is 5.18. The van der Waals surface area contributed by atoms with Crippen LogP contribution in [0.15, 0.2) is 18.2 Å². The Bertz CT molecular complexity index is 1150. The Kier molecular flexibility index (Phi) is 5.42. The average Bonchev–Trinajstić information content (AvgIpc) is 3.50. The van der Waals surface area contributed by atoms with Crippen molar-refractivity contribution in [2.24, 2.45) is 0 Å². The van der Waals surface area contributed by atoms with Crippen LogP contribution in [0.5, 0.6) is 5.75 Å². The number of rotatable bonds is 6. The van der Waals surface area contributed by atoms with Crippen molar-refractivity contribution in [3.05, 3.63) is 45.7 Å². The Hall–Kier alpha value is -3.00. The maximum absolute atomic E-state index is 12.8. The average molecular weight is 425 g/mol. The number of anilines is 1. The van der Waals surface area contributed by atoms with Crippen LogP contribution >= 0.6 is 11.3 Å². The topological polar surface area (TPSA) is 93.2 Å². The maximum atomic E-state index is 12.8. The van der Waals surface area contributed by atoms with Crippen LogP contribution in [0.2, 0.25) is 0 Å². The maximum Gasteiger partial charge on any atom is 0.262 e. The quantitative estimate of drug-likeness (QED) is 0.627. The molecule has 1 aromatic carbocycles. The number of benzene rings is 1. The fourth-order valence-electron chi connectivity index (χ4n) is 3.46. The molecule has 7 nitrogen and oxygen atoms in total. The van der Waals surface area contributed by atoms with Crippen LogP contribution in [0, 0.1) is 20.8 Å². The molecule has 8 heteroatoms. The first-order valence-electron chi connectivity index (χ1n) is 9.87. The van der Waals surface area contributed by atoms with Crippen molar-refractivity contribution in [2.45, 2.75) is 39.5 Å². The summed E-state index contributed by atoms with van der Waals surface area (Å²) in [6.45, 7) is 5.65. The molecule has 0 unspecified atom stereocenters. The molecule has 0 atom stereocenters. The number of nitrogens with one attached hydrogen (secondary N) is 2. The number of hydrogen-bond acceptors (Lipinski definition) is 6. The van der Waals surface area contributed by atoms with E-state index < -0.39 is 0 Å². The van der Waals surface area contributed by atoms with Gasteiger partial charge in [0.2, 0.25) is 5.91 Å². The van der Waals surface area contributed by atoms with Crippen molar-refractivity contribution in [2.75, 3.05) is 19.0 Å². The first kappa shape index (κ1) is 20.3. The molecular weight excluding hydrogens is 400 g/mol. The van der Waals surface area contributed by atoms with E-state index in [-0.39, 0.29) is 18.4 Å². The number of methoxy groups -OCH3 is 1. The zero-order valence-electron chi connectivity index (χ0n) is 17.5. The van der Waals surface area contributed by atoms with Crippen molar-refractivity contribution in [3.8, 4) is 5.75 Å². The fraction of sp³-hybridized carbons (Fsp3) is 0.364. The molecule has 156 valence electrons. The van der Waals surface area contributed by atoms with E-state index in [9.17, 15) is 9.59 Å². The van der Waals surface area contributed by atoms with Gasteiger partial charge in [0.05, 0.1) is 29.9 Å². The van der Waals surface area contributed by atoms with Crippen molar-refractivity contribution in [1.29, 1.82) is 0 Å². The molecule has 3 aromatic rings. The number of aromatic nitrogens is 2. The molecule has 0 aliphatic heterocycles. The molecule has 2 heterocycles. The van der Waals surface area contributed by atoms with Gasteiger partial charge in [0, 0.05) is 11.3 Å². The van der Waals surface area contributed by atoms with E-state index in [2.05, 4.69) is 20.6 Å². The Morgan fingerprint density at radius 1 is 1.20 bits per heavy atom. The van der Waals surface area contributed by atoms with Crippen molar-refractivity contribution < 1.29 is 14.3 Å². The molecule has 2 N–H and O–H groups in total. The Morgan fingerprint density at radius 2 is 1.97 bits per heavy atom. The first-order chi connectivity index (χ1) is 14.4. The third kappa shape index (κ3) is 4.00. The van der Waals surface area contributed by atoms with Crippen LogP contribution in [0.1, 0.15) is 51.1 Å². The van der Waals surface area contributed by atoms with E-state index in [0.29, 0.717) is 22.2 Å². The summed E-state index contributed by atoms with van der Waals surface area (Å²) in [5, 5.41) is 6.43. The van der Waals surface area contributed by atoms with Crippen LogP contribution in [0.25, 0.3) is 10.2 Å². The van der Waals surface area contributed by atoms with Gasteiger partial charge in [-0.05, 0) is 56.9 Å². The number of carbonyl (C=O) groups is 2. The minimum atomic E-state index is -0.321. The highest BCUT2D eigenvalue weighted by atomic mass is 32.1. The number of nitrogens with zero attached hydrogens (tertiary/aromatic N) is 2. The van der Waals surface area contributed by atoms with Gasteiger partial charge in [-0.3, -0.25) is 9.59 Å². The number of amides is 2. The van der Waals surface area contributed by atoms with E-state index in [1.165, 1.54) is 11.3 Å². The number of carbonyl (C=O) groups excluding carboxylic acids is 2. The summed E-state index contributed by atoms with van der Waals surface area (Å²) in [6.07, 6.45) is 2.26. The number of thiophene rings is 1. The van der Waals surface area contributed by atoms with Gasteiger partial charge in [-0.25, -0.2) is 9.97 Å². The molecule has 4 rings (SSSR count). The second-order valence-corrected chi connectivity index (χ2v) is 8.61. The molecule has 1 aliphatic carbocycles. The lowest BCUT2D eigenvalue weighted by molar-refractivity contribution is -0.115. The van der Waals surface area contributed by atoms with E-state index in [4.69, 9.17) is 4.74 Å². The number of fused-ring (bicyclic) bond motifs is 1. The summed E-state index contributed by atoms with van der Waals surface area (Å²) < 4.78 is 5.27. The minimum absolute atomic E-state index is 0.137. The second kappa shape index (κ2) is 8.02. The second-order valence-electron chi connectivity index (χ2n) is 7.61. The standard InChI is InChI=1S/C22H24N4O3S/c1-11-5-8-16(29-4)15(9-11)25-17(27)10-23-21(28)19-12(2)18-13(3)24-20(14-6-7-14)26-22(18)30-19/h5,8-9,14H,6-7,10H2,1-4H3,(H,23,28)(H,25,27). The molecule has 0 radical (unpaired) electrons. The SMILES string of the molecule is COc1ccc(C)cc1NC(=O)CNC(=O)c1sc2nc(C3CC3)nc(C)c2c1C. The van der Waals surface area contributed by atoms with Gasteiger partial charge in [-0.2, -0.15) is 0 Å². The number of aryl methyl sites for hydroxylation is 3. The summed E-state index contributed by atoms with van der Waals surface area (Å²) in [4.78, 5) is 35.8. The number of hydrogen-bond donors (Lipinski definition) is 2. The van der Waals surface area contributed by atoms with Gasteiger partial charge in [0.25, 0.3) is 5.91 Å². The lowest BCUT2D eigenvalue weighted by Crippen LogP contribution is -2.32. The van der Waals surface area contributed by atoms with E-state index in [0.717, 1.165) is 45.7 Å². The van der Waals surface area contributed by atoms with Gasteiger partial charge in [-0.1, -0.05) is 6.07 Å². The number of ether oxygens (including phenoxy) is 1. The van der Waals surface area contributed by atoms with Crippen molar-refractivity contribution in [3.63, 3.8) is 0 Å². The van der Waals surface area contributed by atoms with Crippen LogP contribution in [0.4, 0.5) is 5.69 Å². The van der Waals surface area contributed by atoms with Gasteiger partial charge in [-0.15, -0.1) is 11.3 Å². The molecule has 30 heavy (non-hydrogen) atoms. The van der Waals surface area contributed by atoms with Crippen LogP contribution in [-0.2, 0) is 4.79 Å². The Balaban J connectivity index is 1.47. The molecule has 1 saturated carbocycles. The molecule has 0 bridgehead atoms. The molecule has 2 amide bonds. The molecule has 0 spiro atoms. The highest BCUT2D eigenvalue weighted by Crippen LogP contribution is 2.40.